The zero-order chi connectivity index (χ0) is 15.8. The second-order valence-electron chi connectivity index (χ2n) is 3.80. The average Bonchev–Trinajstić information content (AvgIpc) is 2.35. The molecule has 0 saturated heterocycles. The summed E-state index contributed by atoms with van der Waals surface area (Å²) >= 11 is 8.84. The van der Waals surface area contributed by atoms with Gasteiger partial charge in [-0.2, -0.15) is 8.42 Å². The van der Waals surface area contributed by atoms with E-state index in [1.54, 1.807) is 0 Å². The average molecular weight is 400 g/mol. The van der Waals surface area contributed by atoms with Gasteiger partial charge in [-0.3, -0.25) is 4.55 Å². The summed E-state index contributed by atoms with van der Waals surface area (Å²) in [5.74, 6) is -2.09. The summed E-state index contributed by atoms with van der Waals surface area (Å²) in [6.07, 6.45) is 1.29. The Morgan fingerprint density at radius 1 is 1.24 bits per heavy atom. The Balaban J connectivity index is 2.73. The standard InChI is InChI=1S/C11H6BrClF2N2O3S/c12-6-3-10(11(13)16-5-6)17(21(18,19)20)9-2-1-7(14)4-8(9)15/h1-5H,(H,18,19,20). The van der Waals surface area contributed by atoms with Crippen molar-refractivity contribution in [3.8, 4) is 0 Å². The summed E-state index contributed by atoms with van der Waals surface area (Å²) < 4.78 is 59.8. The molecule has 1 aromatic heterocycles. The first-order chi connectivity index (χ1) is 9.70. The molecule has 21 heavy (non-hydrogen) atoms. The van der Waals surface area contributed by atoms with Crippen LogP contribution in [0.1, 0.15) is 0 Å². The van der Waals surface area contributed by atoms with Crippen molar-refractivity contribution in [1.29, 1.82) is 0 Å². The van der Waals surface area contributed by atoms with Crippen molar-refractivity contribution in [2.75, 3.05) is 4.31 Å². The Morgan fingerprint density at radius 2 is 1.90 bits per heavy atom. The zero-order valence-corrected chi connectivity index (χ0v) is 13.1. The third kappa shape index (κ3) is 3.49. The maximum absolute atomic E-state index is 13.8. The van der Waals surface area contributed by atoms with Crippen molar-refractivity contribution in [2.45, 2.75) is 0 Å². The normalized spacial score (nSPS) is 11.5. The predicted octanol–water partition coefficient (Wildman–Crippen LogP) is 3.72. The highest BCUT2D eigenvalue weighted by atomic mass is 79.9. The number of nitrogens with zero attached hydrogens (tertiary/aromatic N) is 2. The highest BCUT2D eigenvalue weighted by Crippen LogP contribution is 2.36. The van der Waals surface area contributed by atoms with E-state index >= 15 is 0 Å². The summed E-state index contributed by atoms with van der Waals surface area (Å²) in [6, 6.07) is 3.39. The fraction of sp³-hybridized carbons (Fsp3) is 0. The molecule has 0 unspecified atom stereocenters. The van der Waals surface area contributed by atoms with Crippen molar-refractivity contribution in [1.82, 2.24) is 4.98 Å². The minimum absolute atomic E-state index is 0.224. The molecular weight excluding hydrogens is 394 g/mol. The molecular formula is C11H6BrClF2N2O3S. The number of rotatable bonds is 3. The smallest absolute Gasteiger partial charge is 0.269 e. The number of anilines is 2. The van der Waals surface area contributed by atoms with Gasteiger partial charge in [0.1, 0.15) is 5.82 Å². The second kappa shape index (κ2) is 5.84. The highest BCUT2D eigenvalue weighted by molar-refractivity contribution is 9.10. The van der Waals surface area contributed by atoms with E-state index in [9.17, 15) is 21.8 Å². The molecule has 1 aromatic carbocycles. The summed E-state index contributed by atoms with van der Waals surface area (Å²) in [7, 11) is -4.92. The SMILES string of the molecule is O=S(=O)(O)N(c1ccc(F)cc1F)c1cc(Br)cnc1Cl. The number of pyridine rings is 1. The lowest BCUT2D eigenvalue weighted by molar-refractivity contribution is 0.482. The van der Waals surface area contributed by atoms with Crippen LogP contribution in [0.4, 0.5) is 20.2 Å². The largest absolute Gasteiger partial charge is 0.364 e. The van der Waals surface area contributed by atoms with Crippen LogP contribution in [0.2, 0.25) is 5.15 Å². The van der Waals surface area contributed by atoms with Gasteiger partial charge in [0.15, 0.2) is 11.0 Å². The van der Waals surface area contributed by atoms with Crippen LogP contribution in [0.25, 0.3) is 0 Å². The molecule has 0 saturated carbocycles. The van der Waals surface area contributed by atoms with Crippen LogP contribution in [-0.4, -0.2) is 18.0 Å². The summed E-state index contributed by atoms with van der Waals surface area (Å²) in [5, 5.41) is -0.292. The van der Waals surface area contributed by atoms with Crippen molar-refractivity contribution >= 4 is 49.2 Å². The molecule has 0 spiro atoms. The summed E-state index contributed by atoms with van der Waals surface area (Å²) in [6.45, 7) is 0. The van der Waals surface area contributed by atoms with Crippen LogP contribution < -0.4 is 4.31 Å². The Hall–Kier alpha value is -1.29. The number of aromatic nitrogens is 1. The topological polar surface area (TPSA) is 70.5 Å². The molecule has 0 aliphatic carbocycles. The van der Waals surface area contributed by atoms with E-state index in [0.29, 0.717) is 10.5 Å². The minimum Gasteiger partial charge on any atom is -0.269 e. The van der Waals surface area contributed by atoms with Gasteiger partial charge in [0, 0.05) is 16.7 Å². The lowest BCUT2D eigenvalue weighted by Gasteiger charge is -2.22. The molecule has 0 fully saturated rings. The number of halogens is 4. The van der Waals surface area contributed by atoms with Gasteiger partial charge >= 0.3 is 10.3 Å². The maximum Gasteiger partial charge on any atom is 0.364 e. The molecule has 0 atom stereocenters. The molecule has 1 heterocycles. The summed E-state index contributed by atoms with van der Waals surface area (Å²) in [5.41, 5.74) is -0.889. The Kier molecular flexibility index (Phi) is 4.47. The molecule has 10 heteroatoms. The van der Waals surface area contributed by atoms with Crippen molar-refractivity contribution in [3.05, 3.63) is 51.7 Å². The van der Waals surface area contributed by atoms with Crippen LogP contribution >= 0.6 is 27.5 Å². The van der Waals surface area contributed by atoms with Gasteiger partial charge in [-0.25, -0.2) is 18.1 Å². The monoisotopic (exact) mass is 398 g/mol. The minimum atomic E-state index is -4.92. The first-order valence-electron chi connectivity index (χ1n) is 5.24. The van der Waals surface area contributed by atoms with Crippen molar-refractivity contribution in [3.63, 3.8) is 0 Å². The number of hydrogen-bond acceptors (Lipinski definition) is 3. The van der Waals surface area contributed by atoms with Gasteiger partial charge in [-0.05, 0) is 34.1 Å². The quantitative estimate of drug-likeness (QED) is 0.631. The summed E-state index contributed by atoms with van der Waals surface area (Å²) in [4.78, 5) is 3.69. The maximum atomic E-state index is 13.8. The van der Waals surface area contributed by atoms with Gasteiger partial charge in [-0.1, -0.05) is 11.6 Å². The highest BCUT2D eigenvalue weighted by Gasteiger charge is 2.27. The number of benzene rings is 1. The fourth-order valence-electron chi connectivity index (χ4n) is 1.58. The van der Waals surface area contributed by atoms with E-state index in [1.165, 1.54) is 12.3 Å². The lowest BCUT2D eigenvalue weighted by Crippen LogP contribution is -2.26. The van der Waals surface area contributed by atoms with E-state index in [2.05, 4.69) is 20.9 Å². The van der Waals surface area contributed by atoms with Crippen LogP contribution in [-0.2, 0) is 10.3 Å². The zero-order valence-electron chi connectivity index (χ0n) is 9.96. The van der Waals surface area contributed by atoms with Crippen LogP contribution in [0.3, 0.4) is 0 Å². The van der Waals surface area contributed by atoms with Crippen LogP contribution in [0.5, 0.6) is 0 Å². The van der Waals surface area contributed by atoms with Gasteiger partial charge in [0.25, 0.3) is 0 Å². The van der Waals surface area contributed by atoms with E-state index in [1.807, 2.05) is 0 Å². The molecule has 0 aliphatic rings. The Bertz CT molecular complexity index is 804. The van der Waals surface area contributed by atoms with Gasteiger partial charge in [0.05, 0.1) is 11.4 Å². The van der Waals surface area contributed by atoms with Crippen LogP contribution in [0.15, 0.2) is 34.9 Å². The first-order valence-corrected chi connectivity index (χ1v) is 7.81. The molecule has 2 aromatic rings. The Morgan fingerprint density at radius 3 is 2.48 bits per heavy atom. The molecule has 0 aliphatic heterocycles. The Labute approximate surface area is 132 Å². The molecule has 0 amide bonds. The van der Waals surface area contributed by atoms with E-state index in [4.69, 9.17) is 11.6 Å². The third-order valence-corrected chi connectivity index (χ3v) is 3.94. The molecule has 0 radical (unpaired) electrons. The fourth-order valence-corrected chi connectivity index (χ4v) is 2.92. The number of hydrogen-bond donors (Lipinski definition) is 1. The molecule has 1 N–H and O–H groups in total. The van der Waals surface area contributed by atoms with Crippen LogP contribution in [0, 0.1) is 11.6 Å². The first kappa shape index (κ1) is 16.1. The molecule has 2 rings (SSSR count). The molecule has 5 nitrogen and oxygen atoms in total. The molecule has 0 bridgehead atoms. The third-order valence-electron chi connectivity index (χ3n) is 2.37. The molecule has 112 valence electrons. The van der Waals surface area contributed by atoms with E-state index in [0.717, 1.165) is 12.1 Å². The lowest BCUT2D eigenvalue weighted by atomic mass is 10.3. The van der Waals surface area contributed by atoms with Crippen molar-refractivity contribution < 1.29 is 21.8 Å². The second-order valence-corrected chi connectivity index (χ2v) is 6.34. The van der Waals surface area contributed by atoms with Gasteiger partial charge in [0.2, 0.25) is 0 Å². The predicted molar refractivity (Wildman–Crippen MR) is 77.0 cm³/mol. The van der Waals surface area contributed by atoms with Gasteiger partial charge in [-0.15, -0.1) is 0 Å². The van der Waals surface area contributed by atoms with Crippen molar-refractivity contribution in [2.24, 2.45) is 0 Å². The van der Waals surface area contributed by atoms with E-state index in [-0.39, 0.29) is 15.1 Å². The van der Waals surface area contributed by atoms with Gasteiger partial charge < -0.3 is 0 Å². The van der Waals surface area contributed by atoms with E-state index < -0.39 is 27.6 Å².